The topological polar surface area (TPSA) is 98.6 Å². The van der Waals surface area contributed by atoms with E-state index in [0.717, 1.165) is 54.7 Å². The summed E-state index contributed by atoms with van der Waals surface area (Å²) in [5.41, 5.74) is 3.84. The highest BCUT2D eigenvalue weighted by Gasteiger charge is 2.48. The molecule has 0 spiro atoms. The summed E-state index contributed by atoms with van der Waals surface area (Å²) in [7, 11) is 1.59. The van der Waals surface area contributed by atoms with E-state index in [1.54, 1.807) is 31.4 Å². The Kier molecular flexibility index (Phi) is 8.72. The lowest BCUT2D eigenvalue weighted by Gasteiger charge is -2.29. The molecule has 1 aromatic heterocycles. The third kappa shape index (κ3) is 6.07. The number of ether oxygens (including phenoxy) is 2. The molecule has 0 radical (unpaired) electrons. The van der Waals surface area contributed by atoms with Crippen molar-refractivity contribution in [3.8, 4) is 5.75 Å². The van der Waals surface area contributed by atoms with Gasteiger partial charge >= 0.3 is 5.97 Å². The molecule has 1 aliphatic heterocycles. The maximum absolute atomic E-state index is 13.1. The minimum Gasteiger partial charge on any atom is -0.497 e. The Morgan fingerprint density at radius 3 is 2.28 bits per heavy atom. The molecule has 2 fully saturated rings. The fourth-order valence-corrected chi connectivity index (χ4v) is 6.53. The molecule has 2 heterocycles. The molecule has 1 atom stereocenters. The van der Waals surface area contributed by atoms with E-state index in [0.29, 0.717) is 46.3 Å². The standard InChI is InChI=1S/C24H24N2O4S.C7H12O/c1-29-18-10-8-17(9-11-18)24(28)19(13-15-5-3-2-4-6-15)22(23(27)30-24)16-7-12-20-21(14-16)26-31-25-20;8-6-7-4-2-1-3-5-7/h7-12,14-15,28H,2-6,13H2,1H3;6-7H,1-5H2. The van der Waals surface area contributed by atoms with E-state index in [4.69, 9.17) is 9.47 Å². The second kappa shape index (κ2) is 12.4. The van der Waals surface area contributed by atoms with Crippen LogP contribution in [0.4, 0.5) is 0 Å². The van der Waals surface area contributed by atoms with Crippen molar-refractivity contribution >= 4 is 40.6 Å². The van der Waals surface area contributed by atoms with Gasteiger partial charge in [-0.25, -0.2) is 4.79 Å². The SMILES string of the molecule is COc1ccc(C2(O)OC(=O)C(c3ccc4nsnc4c3)=C2CC2CCCCC2)cc1.O=CC1CCCCC1. The Hall–Kier alpha value is -3.10. The van der Waals surface area contributed by atoms with Crippen LogP contribution in [-0.2, 0) is 20.1 Å². The van der Waals surface area contributed by atoms with Crippen LogP contribution in [0.3, 0.4) is 0 Å². The molecular weight excluding hydrogens is 512 g/mol. The largest absolute Gasteiger partial charge is 0.497 e. The van der Waals surface area contributed by atoms with E-state index < -0.39 is 11.8 Å². The molecule has 39 heavy (non-hydrogen) atoms. The average molecular weight is 549 g/mol. The lowest BCUT2D eigenvalue weighted by Crippen LogP contribution is -2.30. The van der Waals surface area contributed by atoms with Crippen LogP contribution in [0.15, 0.2) is 48.0 Å². The van der Waals surface area contributed by atoms with Gasteiger partial charge in [-0.15, -0.1) is 0 Å². The smallest absolute Gasteiger partial charge is 0.341 e. The molecule has 0 amide bonds. The molecule has 7 nitrogen and oxygen atoms in total. The number of cyclic esters (lactones) is 1. The zero-order valence-corrected chi connectivity index (χ0v) is 23.3. The van der Waals surface area contributed by atoms with Gasteiger partial charge < -0.3 is 19.4 Å². The Morgan fingerprint density at radius 1 is 0.974 bits per heavy atom. The molecule has 3 aliphatic rings. The van der Waals surface area contributed by atoms with Gasteiger partial charge in [-0.1, -0.05) is 57.4 Å². The van der Waals surface area contributed by atoms with Gasteiger partial charge in [0.15, 0.2) is 0 Å². The fourth-order valence-electron chi connectivity index (χ4n) is 6.01. The summed E-state index contributed by atoms with van der Waals surface area (Å²) in [5, 5.41) is 11.7. The number of esters is 1. The summed E-state index contributed by atoms with van der Waals surface area (Å²) in [5.74, 6) is -0.792. The number of hydrogen-bond donors (Lipinski definition) is 1. The molecule has 1 unspecified atom stereocenters. The van der Waals surface area contributed by atoms with Crippen molar-refractivity contribution in [2.24, 2.45) is 11.8 Å². The van der Waals surface area contributed by atoms with Gasteiger partial charge in [-0.3, -0.25) is 0 Å². The zero-order chi connectivity index (χ0) is 27.2. The Bertz CT molecular complexity index is 1320. The van der Waals surface area contributed by atoms with Crippen molar-refractivity contribution in [1.82, 2.24) is 8.75 Å². The third-order valence-electron chi connectivity index (χ3n) is 8.24. The number of aromatic nitrogens is 2. The first kappa shape index (κ1) is 27.5. The molecule has 8 heteroatoms. The summed E-state index contributed by atoms with van der Waals surface area (Å²) < 4.78 is 19.5. The van der Waals surface area contributed by atoms with Crippen molar-refractivity contribution in [2.45, 2.75) is 76.4 Å². The van der Waals surface area contributed by atoms with Gasteiger partial charge in [-0.2, -0.15) is 8.75 Å². The van der Waals surface area contributed by atoms with Crippen LogP contribution in [-0.4, -0.2) is 33.2 Å². The summed E-state index contributed by atoms with van der Waals surface area (Å²) in [6.07, 6.45) is 13.7. The minimum absolute atomic E-state index is 0.406. The molecule has 0 saturated heterocycles. The molecule has 2 aromatic carbocycles. The summed E-state index contributed by atoms with van der Waals surface area (Å²) >= 11 is 1.14. The maximum atomic E-state index is 13.1. The van der Waals surface area contributed by atoms with Crippen LogP contribution >= 0.6 is 11.7 Å². The van der Waals surface area contributed by atoms with Crippen molar-refractivity contribution < 1.29 is 24.2 Å². The Labute approximate surface area is 233 Å². The van der Waals surface area contributed by atoms with Gasteiger partial charge in [0.1, 0.15) is 23.1 Å². The molecule has 2 saturated carbocycles. The van der Waals surface area contributed by atoms with Crippen LogP contribution in [0.2, 0.25) is 0 Å². The number of rotatable bonds is 6. The summed E-state index contributed by atoms with van der Waals surface area (Å²) in [6, 6.07) is 12.6. The average Bonchev–Trinajstić information content (AvgIpc) is 3.56. The summed E-state index contributed by atoms with van der Waals surface area (Å²) in [6.45, 7) is 0. The number of benzene rings is 2. The lowest BCUT2D eigenvalue weighted by molar-refractivity contribution is -0.185. The Morgan fingerprint density at radius 2 is 1.64 bits per heavy atom. The van der Waals surface area contributed by atoms with Crippen molar-refractivity contribution in [1.29, 1.82) is 0 Å². The quantitative estimate of drug-likeness (QED) is 0.274. The number of hydrogen-bond acceptors (Lipinski definition) is 8. The molecule has 3 aromatic rings. The first-order valence-corrected chi connectivity index (χ1v) is 14.8. The van der Waals surface area contributed by atoms with Crippen LogP contribution in [0.5, 0.6) is 5.75 Å². The van der Waals surface area contributed by atoms with E-state index >= 15 is 0 Å². The van der Waals surface area contributed by atoms with E-state index in [1.807, 2.05) is 18.2 Å². The van der Waals surface area contributed by atoms with Gasteiger partial charge in [0, 0.05) is 17.1 Å². The number of aldehydes is 1. The van der Waals surface area contributed by atoms with E-state index in [9.17, 15) is 14.7 Å². The van der Waals surface area contributed by atoms with Gasteiger partial charge in [-0.05, 0) is 67.1 Å². The highest BCUT2D eigenvalue weighted by Crippen LogP contribution is 2.47. The monoisotopic (exact) mass is 548 g/mol. The van der Waals surface area contributed by atoms with Crippen LogP contribution in [0.1, 0.15) is 81.8 Å². The zero-order valence-electron chi connectivity index (χ0n) is 22.4. The molecule has 0 bridgehead atoms. The number of nitrogens with zero attached hydrogens (tertiary/aromatic N) is 2. The molecule has 6 rings (SSSR count). The van der Waals surface area contributed by atoms with Gasteiger partial charge in [0.05, 0.1) is 24.4 Å². The van der Waals surface area contributed by atoms with Crippen molar-refractivity contribution in [3.63, 3.8) is 0 Å². The van der Waals surface area contributed by atoms with E-state index in [2.05, 4.69) is 8.75 Å². The van der Waals surface area contributed by atoms with Crippen LogP contribution < -0.4 is 4.74 Å². The highest BCUT2D eigenvalue weighted by atomic mass is 32.1. The fraction of sp³-hybridized carbons (Fsp3) is 0.484. The predicted molar refractivity (Wildman–Crippen MR) is 151 cm³/mol. The molecule has 1 N–H and O–H groups in total. The number of carbonyl (C=O) groups is 2. The minimum atomic E-state index is -1.79. The first-order chi connectivity index (χ1) is 19.0. The van der Waals surface area contributed by atoms with E-state index in [-0.39, 0.29) is 0 Å². The number of aliphatic hydroxyl groups is 1. The van der Waals surface area contributed by atoms with Crippen LogP contribution in [0.25, 0.3) is 16.6 Å². The van der Waals surface area contributed by atoms with E-state index in [1.165, 1.54) is 38.5 Å². The maximum Gasteiger partial charge on any atom is 0.341 e. The van der Waals surface area contributed by atoms with Crippen molar-refractivity contribution in [3.05, 3.63) is 59.2 Å². The summed E-state index contributed by atoms with van der Waals surface area (Å²) in [4.78, 5) is 23.3. The Balaban J connectivity index is 0.000000332. The number of fused-ring (bicyclic) bond motifs is 1. The highest BCUT2D eigenvalue weighted by molar-refractivity contribution is 7.00. The normalized spacial score (nSPS) is 22.4. The second-order valence-corrected chi connectivity index (χ2v) is 11.4. The van der Waals surface area contributed by atoms with Gasteiger partial charge in [0.25, 0.3) is 5.79 Å². The first-order valence-electron chi connectivity index (χ1n) is 14.0. The van der Waals surface area contributed by atoms with Gasteiger partial charge in [0.2, 0.25) is 0 Å². The molecular formula is C31H36N2O5S. The molecule has 206 valence electrons. The second-order valence-electron chi connectivity index (χ2n) is 10.8. The third-order valence-corrected chi connectivity index (χ3v) is 8.80. The number of methoxy groups -OCH3 is 1. The van der Waals surface area contributed by atoms with Crippen LogP contribution in [0, 0.1) is 11.8 Å². The molecule has 2 aliphatic carbocycles. The van der Waals surface area contributed by atoms with Crippen molar-refractivity contribution in [2.75, 3.05) is 7.11 Å². The lowest BCUT2D eigenvalue weighted by atomic mass is 9.80. The number of carbonyl (C=O) groups excluding carboxylic acids is 2. The predicted octanol–water partition coefficient (Wildman–Crippen LogP) is 6.59.